The Balaban J connectivity index is 1.45. The number of amides is 1. The number of pyridine rings is 1. The van der Waals surface area contributed by atoms with Crippen LogP contribution in [0.5, 0.6) is 5.75 Å². The zero-order valence-electron chi connectivity index (χ0n) is 15.5. The summed E-state index contributed by atoms with van der Waals surface area (Å²) in [5.41, 5.74) is 4.10. The van der Waals surface area contributed by atoms with Crippen LogP contribution in [0.2, 0.25) is 0 Å². The smallest absolute Gasteiger partial charge is 0.229 e. The number of aromatic nitrogens is 3. The van der Waals surface area contributed by atoms with Gasteiger partial charge in [0.15, 0.2) is 0 Å². The van der Waals surface area contributed by atoms with Crippen molar-refractivity contribution < 1.29 is 9.53 Å². The van der Waals surface area contributed by atoms with Gasteiger partial charge in [0.25, 0.3) is 0 Å². The van der Waals surface area contributed by atoms with Gasteiger partial charge >= 0.3 is 0 Å². The number of hydrogen-bond acceptors (Lipinski definition) is 4. The molecule has 0 fully saturated rings. The van der Waals surface area contributed by atoms with E-state index < -0.39 is 0 Å². The number of anilines is 1. The summed E-state index contributed by atoms with van der Waals surface area (Å²) in [5, 5.41) is 7.48. The average molecular weight is 362 g/mol. The average Bonchev–Trinajstić information content (AvgIpc) is 3.16. The van der Waals surface area contributed by atoms with E-state index in [2.05, 4.69) is 28.4 Å². The largest absolute Gasteiger partial charge is 0.490 e. The van der Waals surface area contributed by atoms with E-state index in [-0.39, 0.29) is 12.0 Å². The summed E-state index contributed by atoms with van der Waals surface area (Å²) in [4.78, 5) is 16.6. The van der Waals surface area contributed by atoms with Gasteiger partial charge in [-0.25, -0.2) is 4.68 Å². The first-order chi connectivity index (χ1) is 13.1. The van der Waals surface area contributed by atoms with Crippen LogP contribution in [0.25, 0.3) is 0 Å². The number of rotatable bonds is 5. The highest BCUT2D eigenvalue weighted by atomic mass is 16.5. The Morgan fingerprint density at radius 2 is 2.04 bits per heavy atom. The first-order valence-corrected chi connectivity index (χ1v) is 9.08. The lowest BCUT2D eigenvalue weighted by Crippen LogP contribution is -2.18. The van der Waals surface area contributed by atoms with E-state index in [9.17, 15) is 4.79 Å². The number of nitrogens with one attached hydrogen (secondary N) is 1. The molecule has 0 radical (unpaired) electrons. The zero-order chi connectivity index (χ0) is 18.8. The number of carbonyl (C=O) groups is 1. The maximum atomic E-state index is 12.6. The predicted octanol–water partition coefficient (Wildman–Crippen LogP) is 3.14. The number of fused-ring (bicyclic) bond motifs is 1. The van der Waals surface area contributed by atoms with E-state index in [0.717, 1.165) is 29.0 Å². The second-order valence-electron chi connectivity index (χ2n) is 6.98. The monoisotopic (exact) mass is 362 g/mol. The van der Waals surface area contributed by atoms with Gasteiger partial charge in [0.1, 0.15) is 17.7 Å². The number of benzene rings is 1. The molecule has 0 saturated heterocycles. The normalized spacial score (nSPS) is 15.3. The maximum Gasteiger partial charge on any atom is 0.229 e. The predicted molar refractivity (Wildman–Crippen MR) is 103 cm³/mol. The van der Waals surface area contributed by atoms with Crippen LogP contribution in [-0.2, 0) is 24.2 Å². The molecule has 0 unspecified atom stereocenters. The molecular formula is C21H22N4O2. The van der Waals surface area contributed by atoms with Gasteiger partial charge in [-0.3, -0.25) is 9.78 Å². The molecule has 1 N–H and O–H groups in total. The van der Waals surface area contributed by atoms with Crippen molar-refractivity contribution in [3.05, 3.63) is 71.2 Å². The molecule has 0 bridgehead atoms. The molecule has 1 amide bonds. The molecule has 0 saturated carbocycles. The van der Waals surface area contributed by atoms with Crippen LogP contribution in [-0.4, -0.2) is 26.8 Å². The molecule has 1 aliphatic rings. The van der Waals surface area contributed by atoms with Crippen LogP contribution in [0.15, 0.2) is 48.8 Å². The van der Waals surface area contributed by atoms with E-state index in [1.807, 2.05) is 37.3 Å². The third-order valence-corrected chi connectivity index (χ3v) is 4.58. The Kier molecular flexibility index (Phi) is 4.62. The van der Waals surface area contributed by atoms with Crippen molar-refractivity contribution >= 4 is 11.7 Å². The Morgan fingerprint density at radius 3 is 2.85 bits per heavy atom. The summed E-state index contributed by atoms with van der Waals surface area (Å²) in [7, 11) is 0. The van der Waals surface area contributed by atoms with Gasteiger partial charge < -0.3 is 10.1 Å². The second kappa shape index (κ2) is 7.23. The minimum atomic E-state index is -0.0576. The highest BCUT2D eigenvalue weighted by molar-refractivity contribution is 5.91. The molecule has 3 heterocycles. The van der Waals surface area contributed by atoms with E-state index in [1.165, 1.54) is 5.56 Å². The van der Waals surface area contributed by atoms with Crippen LogP contribution in [0.4, 0.5) is 5.82 Å². The summed E-state index contributed by atoms with van der Waals surface area (Å²) in [6.07, 6.45) is 4.92. The Hall–Kier alpha value is -3.15. The molecule has 3 aromatic rings. The lowest BCUT2D eigenvalue weighted by Gasteiger charge is -2.09. The molecule has 1 atom stereocenters. The van der Waals surface area contributed by atoms with Gasteiger partial charge in [0.2, 0.25) is 5.91 Å². The minimum absolute atomic E-state index is 0.0576. The molecule has 2 aromatic heterocycles. The highest BCUT2D eigenvalue weighted by Gasteiger charge is 2.19. The SMILES string of the molecule is Cc1cc(NC(=O)Cc2ccc3c(c2)C[C@@H](C)O3)n(Cc2ccncc2)n1. The molecule has 27 heavy (non-hydrogen) atoms. The quantitative estimate of drug-likeness (QED) is 0.757. The van der Waals surface area contributed by atoms with Crippen LogP contribution in [0.1, 0.15) is 29.3 Å². The molecule has 4 rings (SSSR count). The number of ether oxygens (including phenoxy) is 1. The van der Waals surface area contributed by atoms with Crippen LogP contribution < -0.4 is 10.1 Å². The van der Waals surface area contributed by atoms with Crippen molar-refractivity contribution in [1.29, 1.82) is 0 Å². The first-order valence-electron chi connectivity index (χ1n) is 9.08. The molecule has 0 spiro atoms. The molecule has 0 aliphatic carbocycles. The van der Waals surface area contributed by atoms with Gasteiger partial charge in [0.05, 0.1) is 18.7 Å². The molecular weight excluding hydrogens is 340 g/mol. The van der Waals surface area contributed by atoms with Crippen LogP contribution in [0, 0.1) is 6.92 Å². The topological polar surface area (TPSA) is 69.0 Å². The van der Waals surface area contributed by atoms with Gasteiger partial charge in [-0.15, -0.1) is 0 Å². The van der Waals surface area contributed by atoms with Gasteiger partial charge in [-0.05, 0) is 48.7 Å². The van der Waals surface area contributed by atoms with Gasteiger partial charge in [-0.1, -0.05) is 12.1 Å². The van der Waals surface area contributed by atoms with Gasteiger partial charge in [-0.2, -0.15) is 5.10 Å². The fourth-order valence-corrected chi connectivity index (χ4v) is 3.39. The van der Waals surface area contributed by atoms with Crippen LogP contribution >= 0.6 is 0 Å². The van der Waals surface area contributed by atoms with E-state index >= 15 is 0 Å². The second-order valence-corrected chi connectivity index (χ2v) is 6.98. The third kappa shape index (κ3) is 4.00. The molecule has 6 heteroatoms. The molecule has 1 aliphatic heterocycles. The number of hydrogen-bond donors (Lipinski definition) is 1. The van der Waals surface area contributed by atoms with Crippen molar-refractivity contribution in [1.82, 2.24) is 14.8 Å². The summed E-state index contributed by atoms with van der Waals surface area (Å²) in [6.45, 7) is 4.55. The summed E-state index contributed by atoms with van der Waals surface area (Å²) < 4.78 is 7.53. The number of carbonyl (C=O) groups excluding carboxylic acids is 1. The number of aryl methyl sites for hydroxylation is 1. The summed E-state index contributed by atoms with van der Waals surface area (Å²) in [5.74, 6) is 1.57. The molecule has 6 nitrogen and oxygen atoms in total. The van der Waals surface area contributed by atoms with Crippen molar-refractivity contribution in [3.63, 3.8) is 0 Å². The highest BCUT2D eigenvalue weighted by Crippen LogP contribution is 2.29. The summed E-state index contributed by atoms with van der Waals surface area (Å²) >= 11 is 0. The van der Waals surface area contributed by atoms with Crippen LogP contribution in [0.3, 0.4) is 0 Å². The first kappa shape index (κ1) is 17.3. The Bertz CT molecular complexity index is 966. The van der Waals surface area contributed by atoms with E-state index in [4.69, 9.17) is 4.74 Å². The van der Waals surface area contributed by atoms with Crippen molar-refractivity contribution in [2.24, 2.45) is 0 Å². The van der Waals surface area contributed by atoms with Crippen molar-refractivity contribution in [3.8, 4) is 5.75 Å². The lowest BCUT2D eigenvalue weighted by atomic mass is 10.0. The standard InChI is InChI=1S/C21H22N4O2/c1-14-9-20(25(24-14)13-16-5-7-22-8-6-16)23-21(26)12-17-3-4-19-18(11-17)10-15(2)27-19/h3-9,11,15H,10,12-13H2,1-2H3,(H,23,26)/t15-/m1/s1. The molecule has 1 aromatic carbocycles. The third-order valence-electron chi connectivity index (χ3n) is 4.58. The number of nitrogens with zero attached hydrogens (tertiary/aromatic N) is 3. The Morgan fingerprint density at radius 1 is 1.22 bits per heavy atom. The zero-order valence-corrected chi connectivity index (χ0v) is 15.5. The maximum absolute atomic E-state index is 12.6. The fraction of sp³-hybridized carbons (Fsp3) is 0.286. The van der Waals surface area contributed by atoms with E-state index in [1.54, 1.807) is 17.1 Å². The van der Waals surface area contributed by atoms with Crippen molar-refractivity contribution in [2.45, 2.75) is 39.3 Å². The minimum Gasteiger partial charge on any atom is -0.490 e. The Labute approximate surface area is 158 Å². The van der Waals surface area contributed by atoms with E-state index in [0.29, 0.717) is 18.8 Å². The fourth-order valence-electron chi connectivity index (χ4n) is 3.39. The summed E-state index contributed by atoms with van der Waals surface area (Å²) in [6, 6.07) is 11.7. The van der Waals surface area contributed by atoms with Gasteiger partial charge in [0, 0.05) is 24.9 Å². The van der Waals surface area contributed by atoms with Crippen molar-refractivity contribution in [2.75, 3.05) is 5.32 Å². The molecule has 138 valence electrons. The lowest BCUT2D eigenvalue weighted by molar-refractivity contribution is -0.115.